The van der Waals surface area contributed by atoms with Crippen LogP contribution in [0.5, 0.6) is 0 Å². The molecule has 0 bridgehead atoms. The summed E-state index contributed by atoms with van der Waals surface area (Å²) >= 11 is 31.9. The maximum atomic E-state index is 12.1. The van der Waals surface area contributed by atoms with E-state index in [2.05, 4.69) is 0 Å². The van der Waals surface area contributed by atoms with Crippen LogP contribution in [0.4, 0.5) is 0 Å². The second-order valence-electron chi connectivity index (χ2n) is 5.22. The smallest absolute Gasteiger partial charge is 0.305 e. The van der Waals surface area contributed by atoms with Gasteiger partial charge in [0.2, 0.25) is 0 Å². The number of carbonyl (C=O) groups is 6. The third kappa shape index (κ3) is 11.1. The molecule has 0 rings (SSSR count). The molecule has 0 saturated carbocycles. The summed E-state index contributed by atoms with van der Waals surface area (Å²) in [6.07, 6.45) is -1.95. The van der Waals surface area contributed by atoms with Gasteiger partial charge in [-0.25, -0.2) is 0 Å². The van der Waals surface area contributed by atoms with Crippen molar-refractivity contribution in [3.05, 3.63) is 0 Å². The van der Waals surface area contributed by atoms with Gasteiger partial charge in [0, 0.05) is 0 Å². The van der Waals surface area contributed by atoms with Gasteiger partial charge in [0.05, 0.1) is 12.8 Å². The van der Waals surface area contributed by atoms with E-state index < -0.39 is 68.1 Å². The van der Waals surface area contributed by atoms with Crippen molar-refractivity contribution >= 4 is 105 Å². The van der Waals surface area contributed by atoms with E-state index in [4.69, 9.17) is 79.8 Å². The number of carboxylic acids is 2. The second kappa shape index (κ2) is 11.8. The molecule has 0 aliphatic carbocycles. The predicted molar refractivity (Wildman–Crippen MR) is 105 cm³/mol. The molecule has 0 aliphatic rings. The van der Waals surface area contributed by atoms with Crippen LogP contribution in [0.2, 0.25) is 0 Å². The van der Waals surface area contributed by atoms with Gasteiger partial charge in [-0.2, -0.15) is 0 Å². The van der Waals surface area contributed by atoms with E-state index in [1.54, 1.807) is 10.9 Å². The average Bonchev–Trinajstić information content (AvgIpc) is 2.55. The first-order valence-electron chi connectivity index (χ1n) is 7.23. The van der Waals surface area contributed by atoms with Gasteiger partial charge < -0.3 is 20.8 Å². The Balaban J connectivity index is 5.20. The first-order chi connectivity index (χ1) is 13.4. The summed E-state index contributed by atoms with van der Waals surface area (Å²) in [6.45, 7) is 0. The molecule has 0 saturated heterocycles. The zero-order chi connectivity index (χ0) is 23.9. The van der Waals surface area contributed by atoms with Crippen molar-refractivity contribution in [1.82, 2.24) is 21.5 Å². The maximum Gasteiger partial charge on any atom is 0.305 e. The summed E-state index contributed by atoms with van der Waals surface area (Å²) in [6, 6.07) is -3.61. The number of hydrogen-bond donors (Lipinski definition) is 6. The number of aliphatic carboxylic acids is 2. The molecular formula is C12H12Cl6N4O8. The largest absolute Gasteiger partial charge is 0.481 e. The monoisotopic (exact) mass is 550 g/mol. The number of rotatable bonds is 8. The first-order valence-corrected chi connectivity index (χ1v) is 9.50. The fraction of sp³-hybridized carbons (Fsp3) is 0.500. The number of carbonyl (C=O) groups excluding carboxylic acids is 4. The highest BCUT2D eigenvalue weighted by atomic mass is 35.6. The quantitative estimate of drug-likeness (QED) is 0.176. The average molecular weight is 553 g/mol. The minimum atomic E-state index is -2.52. The van der Waals surface area contributed by atoms with Crippen LogP contribution < -0.4 is 21.5 Å². The Morgan fingerprint density at radius 3 is 1.10 bits per heavy atom. The zero-order valence-corrected chi connectivity index (χ0v) is 18.7. The van der Waals surface area contributed by atoms with Crippen LogP contribution >= 0.6 is 69.6 Å². The number of nitrogens with one attached hydrogen (secondary N) is 4. The number of carboxylic acid groups (broad SMARTS) is 2. The fourth-order valence-corrected chi connectivity index (χ4v) is 1.87. The van der Waals surface area contributed by atoms with Crippen molar-refractivity contribution < 1.29 is 39.0 Å². The van der Waals surface area contributed by atoms with Crippen LogP contribution in [0.25, 0.3) is 0 Å². The number of alkyl halides is 6. The van der Waals surface area contributed by atoms with E-state index >= 15 is 0 Å². The Bertz CT molecular complexity index is 662. The summed E-state index contributed by atoms with van der Waals surface area (Å²) < 4.78 is -5.04. The van der Waals surface area contributed by atoms with E-state index in [0.717, 1.165) is 0 Å². The standard InChI is InChI=1S/C12H12Cl6N4O8/c13-11(14,15)9(29)19-3(1-5(23)24)7(27)21-22-8(28)4(2-6(25)26)20-10(30)12(16,17)18/h3-4H,1-2H2,(H,19,29)(H,20,30)(H,21,27)(H,22,28)(H,23,24)(H,25,26). The third-order valence-corrected chi connectivity index (χ3v) is 3.85. The molecule has 0 aromatic heterocycles. The summed E-state index contributed by atoms with van der Waals surface area (Å²) in [5.74, 6) is -8.31. The lowest BCUT2D eigenvalue weighted by Crippen LogP contribution is -2.58. The molecule has 2 atom stereocenters. The summed E-state index contributed by atoms with van der Waals surface area (Å²) in [5, 5.41) is 21.3. The van der Waals surface area contributed by atoms with E-state index in [9.17, 15) is 28.8 Å². The molecule has 0 spiro atoms. The van der Waals surface area contributed by atoms with Gasteiger partial charge in [-0.05, 0) is 0 Å². The molecule has 0 aliphatic heterocycles. The molecule has 170 valence electrons. The second-order valence-corrected chi connectivity index (χ2v) is 9.78. The summed E-state index contributed by atoms with van der Waals surface area (Å²) in [4.78, 5) is 69.1. The molecule has 0 radical (unpaired) electrons. The van der Waals surface area contributed by atoms with Crippen LogP contribution in [0.3, 0.4) is 0 Å². The molecule has 2 unspecified atom stereocenters. The fourth-order valence-electron chi connectivity index (χ4n) is 1.55. The Morgan fingerprint density at radius 1 is 0.633 bits per heavy atom. The molecule has 0 aromatic carbocycles. The number of hydrazine groups is 1. The minimum absolute atomic E-state index is 0.975. The molecule has 0 heterocycles. The number of halogens is 6. The van der Waals surface area contributed by atoms with Crippen LogP contribution in [-0.2, 0) is 28.8 Å². The van der Waals surface area contributed by atoms with Gasteiger partial charge in [-0.1, -0.05) is 69.6 Å². The Morgan fingerprint density at radius 2 is 0.900 bits per heavy atom. The SMILES string of the molecule is O=C(O)CC(NC(=O)C(Cl)(Cl)Cl)C(=O)NNC(=O)C(CC(=O)O)NC(=O)C(Cl)(Cl)Cl. The third-order valence-electron chi connectivity index (χ3n) is 2.82. The highest BCUT2D eigenvalue weighted by molar-refractivity contribution is 6.76. The lowest BCUT2D eigenvalue weighted by atomic mass is 10.2. The molecule has 0 fully saturated rings. The van der Waals surface area contributed by atoms with Gasteiger partial charge in [0.1, 0.15) is 12.1 Å². The van der Waals surface area contributed by atoms with Crippen molar-refractivity contribution in [2.75, 3.05) is 0 Å². The lowest BCUT2D eigenvalue weighted by Gasteiger charge is -2.22. The van der Waals surface area contributed by atoms with E-state index in [-0.39, 0.29) is 0 Å². The highest BCUT2D eigenvalue weighted by Crippen LogP contribution is 2.26. The maximum absolute atomic E-state index is 12.1. The molecular weight excluding hydrogens is 541 g/mol. The molecule has 4 amide bonds. The topological polar surface area (TPSA) is 191 Å². The molecule has 30 heavy (non-hydrogen) atoms. The number of amides is 4. The molecule has 6 N–H and O–H groups in total. The van der Waals surface area contributed by atoms with Crippen LogP contribution in [0.15, 0.2) is 0 Å². The van der Waals surface area contributed by atoms with Crippen LogP contribution in [0.1, 0.15) is 12.8 Å². The molecule has 0 aromatic rings. The van der Waals surface area contributed by atoms with Crippen molar-refractivity contribution in [2.45, 2.75) is 32.5 Å². The Kier molecular flexibility index (Phi) is 11.3. The zero-order valence-electron chi connectivity index (χ0n) is 14.2. The van der Waals surface area contributed by atoms with E-state index in [1.807, 2.05) is 10.6 Å². The first kappa shape index (κ1) is 28.6. The van der Waals surface area contributed by atoms with Gasteiger partial charge in [-0.3, -0.25) is 39.6 Å². The van der Waals surface area contributed by atoms with Crippen molar-refractivity contribution in [3.63, 3.8) is 0 Å². The van der Waals surface area contributed by atoms with Gasteiger partial charge in [-0.15, -0.1) is 0 Å². The Labute approximate surface area is 197 Å². The number of hydrogen-bond acceptors (Lipinski definition) is 6. The molecule has 18 heteroatoms. The predicted octanol–water partition coefficient (Wildman–Crippen LogP) is -0.207. The normalized spacial score (nSPS) is 13.4. The van der Waals surface area contributed by atoms with E-state index in [1.165, 1.54) is 0 Å². The lowest BCUT2D eigenvalue weighted by molar-refractivity contribution is -0.142. The summed E-state index contributed by atoms with van der Waals surface area (Å²) in [5.41, 5.74) is 3.44. The minimum Gasteiger partial charge on any atom is -0.481 e. The van der Waals surface area contributed by atoms with Crippen molar-refractivity contribution in [3.8, 4) is 0 Å². The van der Waals surface area contributed by atoms with Crippen molar-refractivity contribution in [1.29, 1.82) is 0 Å². The van der Waals surface area contributed by atoms with Gasteiger partial charge >= 0.3 is 11.9 Å². The van der Waals surface area contributed by atoms with Gasteiger partial charge in [0.15, 0.2) is 0 Å². The van der Waals surface area contributed by atoms with Crippen molar-refractivity contribution in [2.24, 2.45) is 0 Å². The summed E-state index contributed by atoms with van der Waals surface area (Å²) in [7, 11) is 0. The van der Waals surface area contributed by atoms with E-state index in [0.29, 0.717) is 0 Å². The molecule has 12 nitrogen and oxygen atoms in total. The van der Waals surface area contributed by atoms with Gasteiger partial charge in [0.25, 0.3) is 31.2 Å². The highest BCUT2D eigenvalue weighted by Gasteiger charge is 2.36. The Hall–Kier alpha value is -1.44. The van der Waals surface area contributed by atoms with Crippen LogP contribution in [-0.4, -0.2) is 65.4 Å². The van der Waals surface area contributed by atoms with Crippen LogP contribution in [0, 0.1) is 0 Å².